The molecule has 0 radical (unpaired) electrons. The van der Waals surface area contributed by atoms with Gasteiger partial charge < -0.3 is 9.88 Å². The zero-order valence-corrected chi connectivity index (χ0v) is 13.2. The maximum atomic E-state index is 12.6. The summed E-state index contributed by atoms with van der Waals surface area (Å²) in [6, 6.07) is 16.7. The quantitative estimate of drug-likeness (QED) is 0.808. The van der Waals surface area contributed by atoms with Gasteiger partial charge in [-0.2, -0.15) is 0 Å². The molecule has 0 aliphatic carbocycles. The number of carbonyl (C=O) groups is 1. The first-order chi connectivity index (χ1) is 11.0. The summed E-state index contributed by atoms with van der Waals surface area (Å²) in [5.41, 5.74) is 3.17. The fourth-order valence-electron chi connectivity index (χ4n) is 2.73. The van der Waals surface area contributed by atoms with Gasteiger partial charge in [0.1, 0.15) is 0 Å². The molecule has 2 aromatic carbocycles. The molecule has 1 aromatic heterocycles. The number of carbonyl (C=O) groups excluding carboxylic acids is 1. The normalized spacial score (nSPS) is 10.7. The molecule has 4 nitrogen and oxygen atoms in total. The summed E-state index contributed by atoms with van der Waals surface area (Å²) in [4.78, 5) is 28.8. The first kappa shape index (κ1) is 15.0. The molecule has 0 fully saturated rings. The van der Waals surface area contributed by atoms with Crippen LogP contribution in [0.1, 0.15) is 21.5 Å². The third-order valence-corrected chi connectivity index (χ3v) is 3.86. The van der Waals surface area contributed by atoms with Gasteiger partial charge in [0, 0.05) is 36.1 Å². The standard InChI is InChI=1S/C19H18N2O2/c1-13-6-5-7-14(10-13)19(23)21(2)12-15-11-18(22)20-17-9-4-3-8-16(15)17/h3-11H,12H2,1-2H3,(H,20,22). The lowest BCUT2D eigenvalue weighted by Gasteiger charge is -2.18. The molecule has 1 heterocycles. The van der Waals surface area contributed by atoms with E-state index in [1.807, 2.05) is 55.5 Å². The van der Waals surface area contributed by atoms with Gasteiger partial charge in [-0.3, -0.25) is 9.59 Å². The van der Waals surface area contributed by atoms with E-state index < -0.39 is 0 Å². The summed E-state index contributed by atoms with van der Waals surface area (Å²) in [5.74, 6) is -0.0573. The van der Waals surface area contributed by atoms with Gasteiger partial charge in [-0.25, -0.2) is 0 Å². The van der Waals surface area contributed by atoms with Crippen molar-refractivity contribution in [3.8, 4) is 0 Å². The molecule has 3 rings (SSSR count). The van der Waals surface area contributed by atoms with Crippen LogP contribution in [0.25, 0.3) is 10.9 Å². The van der Waals surface area contributed by atoms with Crippen LogP contribution >= 0.6 is 0 Å². The van der Waals surface area contributed by atoms with Gasteiger partial charge in [-0.05, 0) is 30.7 Å². The Morgan fingerprint density at radius 3 is 2.65 bits per heavy atom. The van der Waals surface area contributed by atoms with Crippen molar-refractivity contribution in [3.05, 3.63) is 81.6 Å². The second kappa shape index (κ2) is 6.08. The Kier molecular flexibility index (Phi) is 3.98. The van der Waals surface area contributed by atoms with E-state index >= 15 is 0 Å². The predicted octanol–water partition coefficient (Wildman–Crippen LogP) is 3.11. The molecule has 0 spiro atoms. The number of para-hydroxylation sites is 1. The number of pyridine rings is 1. The second-order valence-corrected chi connectivity index (χ2v) is 5.74. The average Bonchev–Trinajstić information content (AvgIpc) is 2.54. The number of fused-ring (bicyclic) bond motifs is 1. The van der Waals surface area contributed by atoms with Gasteiger partial charge in [0.25, 0.3) is 5.91 Å². The topological polar surface area (TPSA) is 53.2 Å². The Hall–Kier alpha value is -2.88. The number of nitrogens with one attached hydrogen (secondary N) is 1. The molecule has 0 aliphatic heterocycles. The van der Waals surface area contributed by atoms with Crippen LogP contribution in [0, 0.1) is 6.92 Å². The number of hydrogen-bond acceptors (Lipinski definition) is 2. The van der Waals surface area contributed by atoms with Gasteiger partial charge >= 0.3 is 0 Å². The summed E-state index contributed by atoms with van der Waals surface area (Å²) >= 11 is 0. The van der Waals surface area contributed by atoms with Crippen LogP contribution in [0.15, 0.2) is 59.4 Å². The maximum Gasteiger partial charge on any atom is 0.253 e. The largest absolute Gasteiger partial charge is 0.337 e. The molecular weight excluding hydrogens is 288 g/mol. The molecule has 0 bridgehead atoms. The van der Waals surface area contributed by atoms with E-state index in [-0.39, 0.29) is 11.5 Å². The summed E-state index contributed by atoms with van der Waals surface area (Å²) < 4.78 is 0. The minimum Gasteiger partial charge on any atom is -0.337 e. The monoisotopic (exact) mass is 306 g/mol. The number of amides is 1. The Morgan fingerprint density at radius 2 is 1.87 bits per heavy atom. The van der Waals surface area contributed by atoms with Crippen molar-refractivity contribution < 1.29 is 4.79 Å². The van der Waals surface area contributed by atoms with Crippen molar-refractivity contribution in [1.82, 2.24) is 9.88 Å². The third kappa shape index (κ3) is 3.16. The van der Waals surface area contributed by atoms with E-state index in [4.69, 9.17) is 0 Å². The molecule has 1 amide bonds. The molecular formula is C19H18N2O2. The summed E-state index contributed by atoms with van der Waals surface area (Å²) in [6.45, 7) is 2.35. The number of nitrogens with zero attached hydrogens (tertiary/aromatic N) is 1. The Morgan fingerprint density at radius 1 is 1.09 bits per heavy atom. The zero-order chi connectivity index (χ0) is 16.4. The highest BCUT2D eigenvalue weighted by Crippen LogP contribution is 2.17. The van der Waals surface area contributed by atoms with Crippen LogP contribution < -0.4 is 5.56 Å². The van der Waals surface area contributed by atoms with E-state index in [1.54, 1.807) is 18.0 Å². The van der Waals surface area contributed by atoms with E-state index in [1.165, 1.54) is 0 Å². The fraction of sp³-hybridized carbons (Fsp3) is 0.158. The number of benzene rings is 2. The third-order valence-electron chi connectivity index (χ3n) is 3.86. The van der Waals surface area contributed by atoms with Crippen LogP contribution in [0.2, 0.25) is 0 Å². The maximum absolute atomic E-state index is 12.6. The Labute approximate surface area is 134 Å². The predicted molar refractivity (Wildman–Crippen MR) is 91.5 cm³/mol. The lowest BCUT2D eigenvalue weighted by Crippen LogP contribution is -2.27. The van der Waals surface area contributed by atoms with Gasteiger partial charge in [0.05, 0.1) is 0 Å². The lowest BCUT2D eigenvalue weighted by molar-refractivity contribution is 0.0785. The summed E-state index contributed by atoms with van der Waals surface area (Å²) in [6.07, 6.45) is 0. The molecule has 116 valence electrons. The number of hydrogen-bond donors (Lipinski definition) is 1. The smallest absolute Gasteiger partial charge is 0.253 e. The van der Waals surface area contributed by atoms with Crippen LogP contribution in [-0.4, -0.2) is 22.8 Å². The summed E-state index contributed by atoms with van der Waals surface area (Å²) in [7, 11) is 1.75. The fourth-order valence-corrected chi connectivity index (χ4v) is 2.73. The molecule has 3 aromatic rings. The van der Waals surface area contributed by atoms with Gasteiger partial charge in [0.2, 0.25) is 5.56 Å². The second-order valence-electron chi connectivity index (χ2n) is 5.74. The molecule has 0 saturated heterocycles. The zero-order valence-electron chi connectivity index (χ0n) is 13.2. The minimum absolute atomic E-state index is 0.0573. The first-order valence-corrected chi connectivity index (χ1v) is 7.47. The van der Waals surface area contributed by atoms with E-state index in [2.05, 4.69) is 4.98 Å². The molecule has 0 atom stereocenters. The van der Waals surface area contributed by atoms with Crippen molar-refractivity contribution in [2.75, 3.05) is 7.05 Å². The molecule has 1 N–H and O–H groups in total. The SMILES string of the molecule is Cc1cccc(C(=O)N(C)Cc2cc(=O)[nH]c3ccccc23)c1. The van der Waals surface area contributed by atoms with E-state index in [9.17, 15) is 9.59 Å². The summed E-state index contributed by atoms with van der Waals surface area (Å²) in [5, 5.41) is 0.955. The molecule has 0 saturated carbocycles. The highest BCUT2D eigenvalue weighted by Gasteiger charge is 2.14. The molecule has 23 heavy (non-hydrogen) atoms. The van der Waals surface area contributed by atoms with Crippen molar-refractivity contribution in [2.45, 2.75) is 13.5 Å². The highest BCUT2D eigenvalue weighted by molar-refractivity contribution is 5.94. The van der Waals surface area contributed by atoms with E-state index in [0.717, 1.165) is 22.0 Å². The van der Waals surface area contributed by atoms with Crippen LogP contribution in [-0.2, 0) is 6.54 Å². The van der Waals surface area contributed by atoms with Crippen molar-refractivity contribution in [1.29, 1.82) is 0 Å². The molecule has 4 heteroatoms. The first-order valence-electron chi connectivity index (χ1n) is 7.47. The Bertz CT molecular complexity index is 928. The molecule has 0 unspecified atom stereocenters. The van der Waals surface area contributed by atoms with Crippen molar-refractivity contribution in [3.63, 3.8) is 0 Å². The lowest BCUT2D eigenvalue weighted by atomic mass is 10.1. The number of rotatable bonds is 3. The van der Waals surface area contributed by atoms with Crippen LogP contribution in [0.5, 0.6) is 0 Å². The Balaban J connectivity index is 1.92. The van der Waals surface area contributed by atoms with E-state index in [0.29, 0.717) is 12.1 Å². The van der Waals surface area contributed by atoms with Crippen LogP contribution in [0.4, 0.5) is 0 Å². The number of aromatic amines is 1. The number of aromatic nitrogens is 1. The number of aryl methyl sites for hydroxylation is 1. The van der Waals surface area contributed by atoms with Crippen LogP contribution in [0.3, 0.4) is 0 Å². The van der Waals surface area contributed by atoms with Gasteiger partial charge in [-0.15, -0.1) is 0 Å². The number of H-pyrrole nitrogens is 1. The van der Waals surface area contributed by atoms with Gasteiger partial charge in [-0.1, -0.05) is 35.9 Å². The van der Waals surface area contributed by atoms with Gasteiger partial charge in [0.15, 0.2) is 0 Å². The average molecular weight is 306 g/mol. The highest BCUT2D eigenvalue weighted by atomic mass is 16.2. The minimum atomic E-state index is -0.157. The van der Waals surface area contributed by atoms with Crippen molar-refractivity contribution in [2.24, 2.45) is 0 Å². The van der Waals surface area contributed by atoms with Crippen molar-refractivity contribution >= 4 is 16.8 Å². The molecule has 0 aliphatic rings.